The molecule has 0 radical (unpaired) electrons. The summed E-state index contributed by atoms with van der Waals surface area (Å²) in [6, 6.07) is 12.3. The van der Waals surface area contributed by atoms with Crippen molar-refractivity contribution in [1.82, 2.24) is 4.98 Å². The number of aromatic nitrogens is 1. The average Bonchev–Trinajstić information content (AvgIpc) is 2.70. The van der Waals surface area contributed by atoms with Gasteiger partial charge in [-0.15, -0.1) is 6.58 Å². The van der Waals surface area contributed by atoms with E-state index in [1.54, 1.807) is 0 Å². The predicted molar refractivity (Wildman–Crippen MR) is 113 cm³/mol. The van der Waals surface area contributed by atoms with Crippen molar-refractivity contribution >= 4 is 23.1 Å². The summed E-state index contributed by atoms with van der Waals surface area (Å²) in [6.07, 6.45) is 13.2. The molecule has 1 heterocycles. The average molecular weight is 363 g/mol. The maximum absolute atomic E-state index is 4.70. The number of aliphatic imine (C=N–C) groups is 1. The lowest BCUT2D eigenvalue weighted by atomic mass is 9.77. The molecule has 2 aromatic rings. The van der Waals surface area contributed by atoms with E-state index in [0.717, 1.165) is 29.3 Å². The highest BCUT2D eigenvalue weighted by Crippen LogP contribution is 2.37. The van der Waals surface area contributed by atoms with Crippen LogP contribution in [0, 0.1) is 5.92 Å². The van der Waals surface area contributed by atoms with Gasteiger partial charge in [-0.3, -0.25) is 4.98 Å². The monoisotopic (exact) mass is 362 g/mol. The van der Waals surface area contributed by atoms with Crippen LogP contribution in [0.4, 0.5) is 5.69 Å². The zero-order valence-corrected chi connectivity index (χ0v) is 16.0. The maximum Gasteiger partial charge on any atom is 0.0740 e. The SMILES string of the molecule is C=CCCCC1CCC(c2ccc(-c3ccc(N=C=S)cc3)nc2)CC1. The molecule has 0 N–H and O–H groups in total. The van der Waals surface area contributed by atoms with Crippen molar-refractivity contribution in [3.8, 4) is 11.3 Å². The number of rotatable bonds is 7. The summed E-state index contributed by atoms with van der Waals surface area (Å²) in [5.41, 5.74) is 4.32. The molecule has 1 saturated carbocycles. The molecule has 0 atom stereocenters. The molecule has 1 aliphatic rings. The minimum Gasteiger partial charge on any atom is -0.256 e. The molecular weight excluding hydrogens is 336 g/mol. The Morgan fingerprint density at radius 2 is 1.88 bits per heavy atom. The number of hydrogen-bond acceptors (Lipinski definition) is 3. The predicted octanol–water partition coefficient (Wildman–Crippen LogP) is 7.11. The molecule has 26 heavy (non-hydrogen) atoms. The standard InChI is InChI=1S/C23H26N2S/c1-2-3-4-5-18-6-8-19(9-7-18)21-12-15-23(24-16-21)20-10-13-22(14-11-20)25-17-26/h2,10-16,18-19H,1,3-9H2. The van der Waals surface area contributed by atoms with Crippen LogP contribution < -0.4 is 0 Å². The first-order chi connectivity index (χ1) is 12.8. The van der Waals surface area contributed by atoms with E-state index < -0.39 is 0 Å². The summed E-state index contributed by atoms with van der Waals surface area (Å²) in [6.45, 7) is 3.82. The van der Waals surface area contributed by atoms with Gasteiger partial charge in [-0.05, 0) is 86.3 Å². The number of hydrogen-bond donors (Lipinski definition) is 0. The Balaban J connectivity index is 1.58. The Labute approximate surface area is 162 Å². The van der Waals surface area contributed by atoms with Gasteiger partial charge in [0, 0.05) is 11.8 Å². The van der Waals surface area contributed by atoms with Gasteiger partial charge in [-0.25, -0.2) is 0 Å². The van der Waals surface area contributed by atoms with E-state index in [9.17, 15) is 0 Å². The first-order valence-corrected chi connectivity index (χ1v) is 9.96. The highest BCUT2D eigenvalue weighted by molar-refractivity contribution is 7.78. The molecule has 134 valence electrons. The molecule has 0 bridgehead atoms. The largest absolute Gasteiger partial charge is 0.256 e. The number of nitrogens with zero attached hydrogens (tertiary/aromatic N) is 2. The second-order valence-electron chi connectivity index (χ2n) is 7.16. The van der Waals surface area contributed by atoms with E-state index in [-0.39, 0.29) is 0 Å². The van der Waals surface area contributed by atoms with Gasteiger partial charge in [0.1, 0.15) is 0 Å². The minimum absolute atomic E-state index is 0.673. The van der Waals surface area contributed by atoms with Gasteiger partial charge in [0.05, 0.1) is 16.5 Å². The van der Waals surface area contributed by atoms with Crippen molar-refractivity contribution in [2.45, 2.75) is 50.9 Å². The molecule has 0 spiro atoms. The quantitative estimate of drug-likeness (QED) is 0.227. The van der Waals surface area contributed by atoms with Crippen molar-refractivity contribution < 1.29 is 0 Å². The Morgan fingerprint density at radius 1 is 1.12 bits per heavy atom. The summed E-state index contributed by atoms with van der Waals surface area (Å²) in [5.74, 6) is 1.58. The summed E-state index contributed by atoms with van der Waals surface area (Å²) < 4.78 is 0. The number of pyridine rings is 1. The van der Waals surface area contributed by atoms with Crippen LogP contribution in [-0.4, -0.2) is 10.1 Å². The summed E-state index contributed by atoms with van der Waals surface area (Å²) >= 11 is 4.64. The fourth-order valence-electron chi connectivity index (χ4n) is 3.91. The molecule has 0 amide bonds. The molecule has 1 aromatic carbocycles. The van der Waals surface area contributed by atoms with E-state index in [2.05, 4.69) is 47.3 Å². The summed E-state index contributed by atoms with van der Waals surface area (Å²) in [5, 5.41) is 2.39. The van der Waals surface area contributed by atoms with Crippen LogP contribution in [0.15, 0.2) is 60.2 Å². The van der Waals surface area contributed by atoms with Crippen LogP contribution in [0.2, 0.25) is 0 Å². The minimum atomic E-state index is 0.673. The number of thiocarbonyl (C=S) groups is 1. The molecule has 1 fully saturated rings. The molecule has 0 unspecified atom stereocenters. The Kier molecular flexibility index (Phi) is 6.88. The zero-order chi connectivity index (χ0) is 18.2. The summed E-state index contributed by atoms with van der Waals surface area (Å²) in [4.78, 5) is 8.69. The topological polar surface area (TPSA) is 25.2 Å². The van der Waals surface area contributed by atoms with Crippen molar-refractivity contribution in [3.63, 3.8) is 0 Å². The number of isothiocyanates is 1. The van der Waals surface area contributed by atoms with Gasteiger partial charge in [-0.1, -0.05) is 30.7 Å². The van der Waals surface area contributed by atoms with Crippen LogP contribution in [-0.2, 0) is 0 Å². The van der Waals surface area contributed by atoms with E-state index in [1.807, 2.05) is 30.3 Å². The Bertz CT molecular complexity index is 750. The van der Waals surface area contributed by atoms with Gasteiger partial charge in [0.2, 0.25) is 0 Å². The second kappa shape index (κ2) is 9.56. The van der Waals surface area contributed by atoms with E-state index in [4.69, 9.17) is 4.98 Å². The zero-order valence-electron chi connectivity index (χ0n) is 15.2. The van der Waals surface area contributed by atoms with Crippen LogP contribution >= 0.6 is 12.2 Å². The Hall–Kier alpha value is -2.09. The van der Waals surface area contributed by atoms with Crippen molar-refractivity contribution in [2.24, 2.45) is 10.9 Å². The van der Waals surface area contributed by atoms with Crippen LogP contribution in [0.1, 0.15) is 56.4 Å². The van der Waals surface area contributed by atoms with E-state index in [1.165, 1.54) is 44.1 Å². The lowest BCUT2D eigenvalue weighted by molar-refractivity contribution is 0.305. The highest BCUT2D eigenvalue weighted by atomic mass is 32.1. The normalized spacial score (nSPS) is 19.5. The fourth-order valence-corrected chi connectivity index (χ4v) is 4.02. The van der Waals surface area contributed by atoms with Gasteiger partial charge < -0.3 is 0 Å². The third-order valence-electron chi connectivity index (χ3n) is 5.46. The van der Waals surface area contributed by atoms with Crippen molar-refractivity contribution in [1.29, 1.82) is 0 Å². The van der Waals surface area contributed by atoms with Crippen LogP contribution in [0.3, 0.4) is 0 Å². The second-order valence-corrected chi connectivity index (χ2v) is 7.35. The first kappa shape index (κ1) is 18.7. The lowest BCUT2D eigenvalue weighted by Crippen LogP contribution is -2.13. The first-order valence-electron chi connectivity index (χ1n) is 9.55. The van der Waals surface area contributed by atoms with E-state index >= 15 is 0 Å². The smallest absolute Gasteiger partial charge is 0.0740 e. The fraction of sp³-hybridized carbons (Fsp3) is 0.391. The number of allylic oxidation sites excluding steroid dienone is 1. The van der Waals surface area contributed by atoms with Crippen molar-refractivity contribution in [3.05, 3.63) is 60.8 Å². The molecule has 3 heteroatoms. The number of benzene rings is 1. The third-order valence-corrected chi connectivity index (χ3v) is 5.55. The van der Waals surface area contributed by atoms with Crippen LogP contribution in [0.5, 0.6) is 0 Å². The number of unbranched alkanes of at least 4 members (excludes halogenated alkanes) is 1. The lowest BCUT2D eigenvalue weighted by Gasteiger charge is -2.28. The maximum atomic E-state index is 4.70. The van der Waals surface area contributed by atoms with Gasteiger partial charge in [0.25, 0.3) is 0 Å². The summed E-state index contributed by atoms with van der Waals surface area (Å²) in [7, 11) is 0. The third kappa shape index (κ3) is 4.97. The van der Waals surface area contributed by atoms with Gasteiger partial charge >= 0.3 is 0 Å². The highest BCUT2D eigenvalue weighted by Gasteiger charge is 2.22. The van der Waals surface area contributed by atoms with Gasteiger partial charge in [-0.2, -0.15) is 4.99 Å². The Morgan fingerprint density at radius 3 is 2.50 bits per heavy atom. The molecule has 2 nitrogen and oxygen atoms in total. The molecular formula is C23H26N2S. The molecule has 0 aliphatic heterocycles. The van der Waals surface area contributed by atoms with Crippen LogP contribution in [0.25, 0.3) is 11.3 Å². The molecule has 1 aromatic heterocycles. The molecule has 0 saturated heterocycles. The van der Waals surface area contributed by atoms with E-state index in [0.29, 0.717) is 5.92 Å². The van der Waals surface area contributed by atoms with Gasteiger partial charge in [0.15, 0.2) is 0 Å². The molecule has 1 aliphatic carbocycles. The molecule has 3 rings (SSSR count). The van der Waals surface area contributed by atoms with Crippen molar-refractivity contribution in [2.75, 3.05) is 0 Å².